The lowest BCUT2D eigenvalue weighted by molar-refractivity contribution is -0.172. The van der Waals surface area contributed by atoms with Gasteiger partial charge in [0.15, 0.2) is 0 Å². The average Bonchev–Trinajstić information content (AvgIpc) is 3.59. The summed E-state index contributed by atoms with van der Waals surface area (Å²) in [6.45, 7) is 1.97. The van der Waals surface area contributed by atoms with Gasteiger partial charge in [-0.3, -0.25) is 9.69 Å². The number of nitrogens with zero attached hydrogens (tertiary/aromatic N) is 2. The van der Waals surface area contributed by atoms with Crippen LogP contribution in [-0.4, -0.2) is 53.6 Å². The third kappa shape index (κ3) is 4.13. The van der Waals surface area contributed by atoms with Gasteiger partial charge in [0.25, 0.3) is 0 Å². The van der Waals surface area contributed by atoms with Crippen molar-refractivity contribution in [3.8, 4) is 11.1 Å². The van der Waals surface area contributed by atoms with E-state index in [-0.39, 0.29) is 41.4 Å². The molecule has 32 heavy (non-hydrogen) atoms. The quantitative estimate of drug-likeness (QED) is 0.656. The summed E-state index contributed by atoms with van der Waals surface area (Å²) in [6.07, 6.45) is 3.46. The number of carbonyl (C=O) groups excluding carboxylic acids is 1. The lowest BCUT2D eigenvalue weighted by Gasteiger charge is -2.47. The van der Waals surface area contributed by atoms with Crippen LogP contribution in [0.5, 0.6) is 0 Å². The van der Waals surface area contributed by atoms with Gasteiger partial charge in [0.1, 0.15) is 29.9 Å². The van der Waals surface area contributed by atoms with Crippen molar-refractivity contribution < 1.29 is 27.1 Å². The number of carbonyl (C=O) groups is 1. The molecule has 5 rings (SSSR count). The first-order chi connectivity index (χ1) is 15.3. The van der Waals surface area contributed by atoms with E-state index in [4.69, 9.17) is 4.74 Å². The molecule has 0 bridgehead atoms. The van der Waals surface area contributed by atoms with E-state index in [9.17, 15) is 22.4 Å². The zero-order valence-electron chi connectivity index (χ0n) is 17.6. The second-order valence-electron chi connectivity index (χ2n) is 9.04. The van der Waals surface area contributed by atoms with Crippen LogP contribution in [-0.2, 0) is 16.1 Å². The zero-order valence-corrected chi connectivity index (χ0v) is 17.6. The summed E-state index contributed by atoms with van der Waals surface area (Å²) in [5.74, 6) is -3.10. The highest BCUT2D eigenvalue weighted by Crippen LogP contribution is 2.37. The number of benzene rings is 2. The Kier molecular flexibility index (Phi) is 5.45. The van der Waals surface area contributed by atoms with Crippen molar-refractivity contribution in [1.29, 1.82) is 0 Å². The molecule has 0 radical (unpaired) electrons. The Morgan fingerprint density at radius 2 is 1.66 bits per heavy atom. The molecule has 1 aliphatic carbocycles. The molecule has 3 aliphatic rings. The van der Waals surface area contributed by atoms with E-state index in [0.717, 1.165) is 31.0 Å². The molecule has 0 aromatic heterocycles. The molecular weight excluding hydrogens is 424 g/mol. The molecule has 1 spiro atoms. The smallest absolute Gasteiger partial charge is 0.248 e. The van der Waals surface area contributed by atoms with Crippen LogP contribution < -0.4 is 0 Å². The summed E-state index contributed by atoms with van der Waals surface area (Å²) in [7, 11) is 0. The monoisotopic (exact) mass is 448 g/mol. The maximum absolute atomic E-state index is 14.8. The zero-order chi connectivity index (χ0) is 22.5. The minimum Gasteiger partial charge on any atom is -0.363 e. The second kappa shape index (κ2) is 8.15. The third-order valence-corrected chi connectivity index (χ3v) is 6.80. The van der Waals surface area contributed by atoms with Gasteiger partial charge in [0, 0.05) is 42.9 Å². The van der Waals surface area contributed by atoms with Gasteiger partial charge in [-0.15, -0.1) is 0 Å². The summed E-state index contributed by atoms with van der Waals surface area (Å²) in [6, 6.07) is 5.43. The molecule has 2 heterocycles. The summed E-state index contributed by atoms with van der Waals surface area (Å²) in [5, 5.41) is 0. The fourth-order valence-corrected chi connectivity index (χ4v) is 4.74. The molecule has 3 fully saturated rings. The van der Waals surface area contributed by atoms with Gasteiger partial charge < -0.3 is 9.64 Å². The Balaban J connectivity index is 1.27. The van der Waals surface area contributed by atoms with Crippen LogP contribution in [0.2, 0.25) is 0 Å². The number of halogens is 4. The molecule has 0 atom stereocenters. The van der Waals surface area contributed by atoms with Crippen molar-refractivity contribution in [2.24, 2.45) is 0 Å². The lowest BCUT2D eigenvalue weighted by atomic mass is 9.89. The Morgan fingerprint density at radius 1 is 0.969 bits per heavy atom. The van der Waals surface area contributed by atoms with Gasteiger partial charge in [0.2, 0.25) is 5.91 Å². The van der Waals surface area contributed by atoms with Gasteiger partial charge in [-0.2, -0.15) is 0 Å². The molecule has 1 amide bonds. The highest BCUT2D eigenvalue weighted by atomic mass is 19.1. The largest absolute Gasteiger partial charge is 0.363 e. The Morgan fingerprint density at radius 3 is 2.28 bits per heavy atom. The highest BCUT2D eigenvalue weighted by Gasteiger charge is 2.46. The molecule has 2 aromatic rings. The van der Waals surface area contributed by atoms with Crippen molar-refractivity contribution in [1.82, 2.24) is 9.80 Å². The summed E-state index contributed by atoms with van der Waals surface area (Å²) >= 11 is 0. The maximum atomic E-state index is 14.8. The second-order valence-corrected chi connectivity index (χ2v) is 9.04. The van der Waals surface area contributed by atoms with Crippen LogP contribution in [0, 0.1) is 23.3 Å². The Bertz CT molecular complexity index is 1030. The molecule has 2 aromatic carbocycles. The lowest BCUT2D eigenvalue weighted by Crippen LogP contribution is -2.59. The van der Waals surface area contributed by atoms with E-state index in [2.05, 4.69) is 0 Å². The summed E-state index contributed by atoms with van der Waals surface area (Å²) < 4.78 is 62.6. The summed E-state index contributed by atoms with van der Waals surface area (Å²) in [5.41, 5.74) is -0.487. The fourth-order valence-electron chi connectivity index (χ4n) is 4.74. The Labute approximate surface area is 183 Å². The Hall–Kier alpha value is -2.45. The van der Waals surface area contributed by atoms with Crippen molar-refractivity contribution in [3.05, 3.63) is 59.2 Å². The summed E-state index contributed by atoms with van der Waals surface area (Å²) in [4.78, 5) is 16.0. The first kappa shape index (κ1) is 21.4. The number of piperidine rings is 1. The van der Waals surface area contributed by atoms with Gasteiger partial charge in [-0.1, -0.05) is 0 Å². The molecule has 4 nitrogen and oxygen atoms in total. The van der Waals surface area contributed by atoms with Crippen LogP contribution >= 0.6 is 0 Å². The number of hydrogen-bond acceptors (Lipinski definition) is 3. The van der Waals surface area contributed by atoms with Crippen molar-refractivity contribution in [2.75, 3.05) is 26.2 Å². The van der Waals surface area contributed by atoms with Gasteiger partial charge in [0.05, 0.1) is 12.1 Å². The van der Waals surface area contributed by atoms with Crippen LogP contribution in [0.4, 0.5) is 17.6 Å². The highest BCUT2D eigenvalue weighted by molar-refractivity contribution is 5.79. The van der Waals surface area contributed by atoms with Crippen LogP contribution in [0.25, 0.3) is 11.1 Å². The van der Waals surface area contributed by atoms with E-state index >= 15 is 0 Å². The fraction of sp³-hybridized carbons (Fsp3) is 0.458. The third-order valence-electron chi connectivity index (χ3n) is 6.80. The standard InChI is InChI=1S/C24H24F4N2O2/c25-16-1-4-18(22(28)11-16)15-9-20(26)19(21(27)10-15)12-29-7-5-24(6-8-29)14-30(17-2-3-17)23(31)13-32-24/h1,4,9-11,17H,2-3,5-8,12-14H2. The van der Waals surface area contributed by atoms with Crippen molar-refractivity contribution in [2.45, 2.75) is 43.9 Å². The van der Waals surface area contributed by atoms with Crippen molar-refractivity contribution in [3.63, 3.8) is 0 Å². The minimum atomic E-state index is -0.871. The van der Waals surface area contributed by atoms with Gasteiger partial charge >= 0.3 is 0 Å². The molecule has 8 heteroatoms. The number of hydrogen-bond donors (Lipinski definition) is 0. The number of morpholine rings is 1. The predicted octanol–water partition coefficient (Wildman–Crippen LogP) is 4.27. The van der Waals surface area contributed by atoms with Crippen LogP contribution in [0.1, 0.15) is 31.2 Å². The van der Waals surface area contributed by atoms with Crippen molar-refractivity contribution >= 4 is 5.91 Å². The molecule has 0 N–H and O–H groups in total. The number of rotatable bonds is 4. The number of ether oxygens (including phenoxy) is 1. The average molecular weight is 448 g/mol. The van der Waals surface area contributed by atoms with Gasteiger partial charge in [-0.05, 0) is 55.5 Å². The number of likely N-dealkylation sites (tertiary alicyclic amines) is 1. The first-order valence-corrected chi connectivity index (χ1v) is 10.9. The van der Waals surface area contributed by atoms with Crippen LogP contribution in [0.3, 0.4) is 0 Å². The van der Waals surface area contributed by atoms with Crippen LogP contribution in [0.15, 0.2) is 30.3 Å². The van der Waals surface area contributed by atoms with E-state index < -0.39 is 23.3 Å². The number of amides is 1. The van der Waals surface area contributed by atoms with Gasteiger partial charge in [-0.25, -0.2) is 17.6 Å². The maximum Gasteiger partial charge on any atom is 0.248 e. The molecule has 1 saturated carbocycles. The molecular formula is C24H24F4N2O2. The topological polar surface area (TPSA) is 32.8 Å². The van der Waals surface area contributed by atoms with E-state index in [1.807, 2.05) is 9.80 Å². The molecule has 170 valence electrons. The molecule has 0 unspecified atom stereocenters. The van der Waals surface area contributed by atoms with E-state index in [1.54, 1.807) is 0 Å². The normalized spacial score (nSPS) is 21.4. The van der Waals surface area contributed by atoms with E-state index in [1.165, 1.54) is 6.07 Å². The van der Waals surface area contributed by atoms with E-state index in [0.29, 0.717) is 44.6 Å². The molecule has 2 aliphatic heterocycles. The first-order valence-electron chi connectivity index (χ1n) is 10.9. The SMILES string of the molecule is O=C1COC2(CCN(Cc3c(F)cc(-c4ccc(F)cc4F)cc3F)CC2)CN1C1CC1. The molecule has 2 saturated heterocycles. The predicted molar refractivity (Wildman–Crippen MR) is 110 cm³/mol. The minimum absolute atomic E-state index is 0.0271.